The lowest BCUT2D eigenvalue weighted by molar-refractivity contribution is -0.119. The Hall–Kier alpha value is -2.68. The molecule has 162 valence electrons. The molecule has 1 aromatic heterocycles. The highest BCUT2D eigenvalue weighted by molar-refractivity contribution is 7.92. The summed E-state index contributed by atoms with van der Waals surface area (Å²) >= 11 is 7.50. The van der Waals surface area contributed by atoms with Gasteiger partial charge in [0.25, 0.3) is 10.0 Å². The first kappa shape index (κ1) is 23.0. The number of nitrogens with one attached hydrogen (secondary N) is 1. The van der Waals surface area contributed by atoms with Gasteiger partial charge in [-0.25, -0.2) is 8.42 Å². The molecule has 0 aliphatic heterocycles. The average Bonchev–Trinajstić information content (AvgIpc) is 3.21. The number of carbonyl (C=O) groups excluding carboxylic acids is 2. The fraction of sp³-hybridized carbons (Fsp3) is 0.182. The molecule has 9 heteroatoms. The van der Waals surface area contributed by atoms with Crippen LogP contribution in [0.1, 0.15) is 26.4 Å². The normalized spacial score (nSPS) is 11.2. The van der Waals surface area contributed by atoms with E-state index in [1.54, 1.807) is 48.7 Å². The quantitative estimate of drug-likeness (QED) is 0.490. The number of aldehydes is 1. The zero-order valence-corrected chi connectivity index (χ0v) is 19.4. The van der Waals surface area contributed by atoms with E-state index in [4.69, 9.17) is 11.6 Å². The van der Waals surface area contributed by atoms with Crippen molar-refractivity contribution in [2.45, 2.75) is 25.3 Å². The summed E-state index contributed by atoms with van der Waals surface area (Å²) in [5, 5.41) is 4.89. The van der Waals surface area contributed by atoms with Crippen molar-refractivity contribution in [1.82, 2.24) is 5.32 Å². The van der Waals surface area contributed by atoms with Crippen LogP contribution in [0.3, 0.4) is 0 Å². The minimum atomic E-state index is -4.02. The van der Waals surface area contributed by atoms with Gasteiger partial charge in [-0.15, -0.1) is 11.3 Å². The largest absolute Gasteiger partial charge is 0.350 e. The van der Waals surface area contributed by atoms with E-state index in [-0.39, 0.29) is 11.4 Å². The van der Waals surface area contributed by atoms with Gasteiger partial charge in [0.15, 0.2) is 6.29 Å². The lowest BCUT2D eigenvalue weighted by Crippen LogP contribution is -2.41. The van der Waals surface area contributed by atoms with Crippen LogP contribution in [0, 0.1) is 13.8 Å². The van der Waals surface area contributed by atoms with Crippen molar-refractivity contribution < 1.29 is 18.0 Å². The number of benzene rings is 2. The molecular formula is C22H21ClN2O4S2. The van der Waals surface area contributed by atoms with Crippen LogP contribution in [0.15, 0.2) is 58.8 Å². The van der Waals surface area contributed by atoms with Gasteiger partial charge in [-0.3, -0.25) is 13.9 Å². The Balaban J connectivity index is 1.90. The molecule has 1 N–H and O–H groups in total. The number of anilines is 1. The van der Waals surface area contributed by atoms with Crippen molar-refractivity contribution >= 4 is 50.8 Å². The van der Waals surface area contributed by atoms with Crippen molar-refractivity contribution in [2.75, 3.05) is 10.8 Å². The van der Waals surface area contributed by atoms with Crippen LogP contribution < -0.4 is 9.62 Å². The van der Waals surface area contributed by atoms with Crippen molar-refractivity contribution in [2.24, 2.45) is 0 Å². The number of amides is 1. The van der Waals surface area contributed by atoms with Gasteiger partial charge >= 0.3 is 0 Å². The van der Waals surface area contributed by atoms with Gasteiger partial charge in [-0.1, -0.05) is 35.4 Å². The van der Waals surface area contributed by atoms with Crippen LogP contribution in [0.2, 0.25) is 5.02 Å². The topological polar surface area (TPSA) is 83.6 Å². The van der Waals surface area contributed by atoms with Gasteiger partial charge in [-0.05, 0) is 60.7 Å². The third-order valence-electron chi connectivity index (χ3n) is 4.68. The van der Waals surface area contributed by atoms with Gasteiger partial charge in [0.05, 0.1) is 15.5 Å². The molecule has 0 unspecified atom stereocenters. The summed E-state index contributed by atoms with van der Waals surface area (Å²) in [4.78, 5) is 24.2. The molecule has 0 fully saturated rings. The summed E-state index contributed by atoms with van der Waals surface area (Å²) < 4.78 is 27.9. The predicted molar refractivity (Wildman–Crippen MR) is 123 cm³/mol. The van der Waals surface area contributed by atoms with Crippen LogP contribution in [-0.4, -0.2) is 27.2 Å². The zero-order valence-electron chi connectivity index (χ0n) is 17.0. The van der Waals surface area contributed by atoms with Gasteiger partial charge in [0.2, 0.25) is 5.91 Å². The number of halogens is 1. The molecule has 0 atom stereocenters. The van der Waals surface area contributed by atoms with E-state index < -0.39 is 22.5 Å². The van der Waals surface area contributed by atoms with E-state index in [2.05, 4.69) is 5.32 Å². The summed E-state index contributed by atoms with van der Waals surface area (Å²) in [7, 11) is -4.02. The molecule has 3 rings (SSSR count). The monoisotopic (exact) mass is 476 g/mol. The van der Waals surface area contributed by atoms with E-state index in [9.17, 15) is 18.0 Å². The third-order valence-corrected chi connectivity index (χ3v) is 7.77. The first-order valence-corrected chi connectivity index (χ1v) is 12.1. The first-order chi connectivity index (χ1) is 14.7. The van der Waals surface area contributed by atoms with Crippen LogP contribution >= 0.6 is 22.9 Å². The van der Waals surface area contributed by atoms with Crippen molar-refractivity contribution in [1.29, 1.82) is 0 Å². The van der Waals surface area contributed by atoms with Gasteiger partial charge in [-0.2, -0.15) is 0 Å². The Morgan fingerprint density at radius 2 is 1.87 bits per heavy atom. The molecule has 0 spiro atoms. The van der Waals surface area contributed by atoms with E-state index in [0.717, 1.165) is 21.7 Å². The molecular weight excluding hydrogens is 456 g/mol. The Labute approximate surface area is 190 Å². The summed E-state index contributed by atoms with van der Waals surface area (Å²) in [5.41, 5.74) is 2.59. The number of nitrogens with zero attached hydrogens (tertiary/aromatic N) is 1. The van der Waals surface area contributed by atoms with E-state index in [0.29, 0.717) is 21.2 Å². The van der Waals surface area contributed by atoms with Gasteiger partial charge in [0, 0.05) is 11.6 Å². The number of rotatable bonds is 8. The molecule has 3 aromatic rings. The van der Waals surface area contributed by atoms with Crippen LogP contribution in [0.4, 0.5) is 5.69 Å². The molecule has 1 heterocycles. The summed E-state index contributed by atoms with van der Waals surface area (Å²) in [6, 6.07) is 13.1. The molecule has 0 saturated carbocycles. The lowest BCUT2D eigenvalue weighted by Gasteiger charge is -2.26. The number of aryl methyl sites for hydroxylation is 1. The molecule has 0 radical (unpaired) electrons. The second-order valence-electron chi connectivity index (χ2n) is 6.96. The molecule has 2 aromatic carbocycles. The molecule has 31 heavy (non-hydrogen) atoms. The van der Waals surface area contributed by atoms with Crippen molar-refractivity contribution in [3.63, 3.8) is 0 Å². The summed E-state index contributed by atoms with van der Waals surface area (Å²) in [6.45, 7) is 3.35. The van der Waals surface area contributed by atoms with Crippen molar-refractivity contribution in [3.05, 3.63) is 80.5 Å². The maximum atomic E-state index is 13.4. The molecule has 0 saturated heterocycles. The average molecular weight is 477 g/mol. The second kappa shape index (κ2) is 9.64. The number of carbonyl (C=O) groups is 2. The van der Waals surface area contributed by atoms with Crippen LogP contribution in [0.25, 0.3) is 0 Å². The first-order valence-electron chi connectivity index (χ1n) is 9.36. The fourth-order valence-corrected chi connectivity index (χ4v) is 5.30. The molecule has 6 nitrogen and oxygen atoms in total. The van der Waals surface area contributed by atoms with Crippen LogP contribution in [-0.2, 0) is 21.4 Å². The maximum absolute atomic E-state index is 13.4. The smallest absolute Gasteiger partial charge is 0.264 e. The van der Waals surface area contributed by atoms with E-state index >= 15 is 0 Å². The third kappa shape index (κ3) is 5.33. The Kier molecular flexibility index (Phi) is 7.15. The minimum absolute atomic E-state index is 0.0822. The Morgan fingerprint density at radius 1 is 1.16 bits per heavy atom. The Bertz CT molecular complexity index is 1200. The van der Waals surface area contributed by atoms with Crippen LogP contribution in [0.5, 0.6) is 0 Å². The van der Waals surface area contributed by atoms with E-state index in [1.807, 2.05) is 6.92 Å². The second-order valence-corrected chi connectivity index (χ2v) is 10.2. The van der Waals surface area contributed by atoms with E-state index in [1.165, 1.54) is 23.5 Å². The number of hydrogen-bond donors (Lipinski definition) is 1. The number of hydrogen-bond acceptors (Lipinski definition) is 5. The van der Waals surface area contributed by atoms with Gasteiger partial charge in [0.1, 0.15) is 6.54 Å². The molecule has 1 amide bonds. The highest BCUT2D eigenvalue weighted by Crippen LogP contribution is 2.30. The minimum Gasteiger partial charge on any atom is -0.350 e. The SMILES string of the molecule is Cc1ccc(S(=O)(=O)N(CC(=O)NCc2csc(C=O)c2)c2cccc(Cl)c2C)cc1. The lowest BCUT2D eigenvalue weighted by atomic mass is 10.2. The molecule has 0 aliphatic carbocycles. The highest BCUT2D eigenvalue weighted by atomic mass is 35.5. The maximum Gasteiger partial charge on any atom is 0.264 e. The molecule has 0 bridgehead atoms. The zero-order chi connectivity index (χ0) is 22.6. The standard InChI is InChI=1S/C22H21ClN2O4S2/c1-15-6-8-19(9-7-15)31(28,29)25(21-5-3-4-20(23)16(21)2)12-22(27)24-11-17-10-18(13-26)30-14-17/h3-10,13-14H,11-12H2,1-2H3,(H,24,27). The number of thiophene rings is 1. The number of sulfonamides is 1. The van der Waals surface area contributed by atoms with Gasteiger partial charge < -0.3 is 5.32 Å². The summed E-state index contributed by atoms with van der Waals surface area (Å²) in [5.74, 6) is -0.478. The highest BCUT2D eigenvalue weighted by Gasteiger charge is 2.28. The Morgan fingerprint density at radius 3 is 2.52 bits per heavy atom. The predicted octanol–water partition coefficient (Wildman–Crippen LogP) is 4.34. The molecule has 0 aliphatic rings. The summed E-state index contributed by atoms with van der Waals surface area (Å²) in [6.07, 6.45) is 0.744. The fourth-order valence-electron chi connectivity index (χ4n) is 2.94. The van der Waals surface area contributed by atoms with Crippen molar-refractivity contribution in [3.8, 4) is 0 Å².